The van der Waals surface area contributed by atoms with Crippen LogP contribution in [0.25, 0.3) is 0 Å². The van der Waals surface area contributed by atoms with Gasteiger partial charge < -0.3 is 9.84 Å². The molecule has 0 aliphatic carbocycles. The maximum Gasteiger partial charge on any atom is 0.114 e. The molecule has 0 fully saturated rings. The van der Waals surface area contributed by atoms with E-state index in [1.165, 1.54) is 0 Å². The molecule has 0 unspecified atom stereocenters. The highest BCUT2D eigenvalue weighted by Crippen LogP contribution is 1.89. The van der Waals surface area contributed by atoms with Crippen LogP contribution in [0, 0.1) is 0 Å². The zero-order valence-corrected chi connectivity index (χ0v) is 6.05. The van der Waals surface area contributed by atoms with Crippen LogP contribution in [0.5, 0.6) is 0 Å². The van der Waals surface area contributed by atoms with E-state index in [0.717, 1.165) is 13.0 Å². The van der Waals surface area contributed by atoms with Gasteiger partial charge in [0.25, 0.3) is 0 Å². The highest BCUT2D eigenvalue weighted by Gasteiger charge is 1.88. The smallest absolute Gasteiger partial charge is 0.114 e. The third-order valence-corrected chi connectivity index (χ3v) is 0.932. The largest absolute Gasteiger partial charge is 0.510 e. The van der Waals surface area contributed by atoms with Gasteiger partial charge in [-0.3, -0.25) is 0 Å². The molecule has 0 heterocycles. The van der Waals surface area contributed by atoms with Crippen molar-refractivity contribution in [3.05, 3.63) is 11.8 Å². The van der Waals surface area contributed by atoms with E-state index in [2.05, 4.69) is 0 Å². The van der Waals surface area contributed by atoms with Crippen LogP contribution in [0.3, 0.4) is 0 Å². The van der Waals surface area contributed by atoms with Crippen molar-refractivity contribution in [3.63, 3.8) is 0 Å². The third kappa shape index (κ3) is 5.37. The molecule has 2 heteroatoms. The summed E-state index contributed by atoms with van der Waals surface area (Å²) in [5.74, 6) is 0.309. The number of rotatable bonds is 4. The summed E-state index contributed by atoms with van der Waals surface area (Å²) in [4.78, 5) is 0. The van der Waals surface area contributed by atoms with Crippen LogP contribution < -0.4 is 0 Å². The van der Waals surface area contributed by atoms with Crippen LogP contribution in [-0.4, -0.2) is 18.3 Å². The van der Waals surface area contributed by atoms with Gasteiger partial charge >= 0.3 is 0 Å². The maximum absolute atomic E-state index is 8.82. The Morgan fingerprint density at radius 3 is 2.78 bits per heavy atom. The summed E-state index contributed by atoms with van der Waals surface area (Å²) in [6.07, 6.45) is 2.63. The SMILES string of the molecule is CC=C(O)COCCC. The Labute approximate surface area is 56.1 Å². The van der Waals surface area contributed by atoms with Crippen molar-refractivity contribution in [3.8, 4) is 0 Å². The van der Waals surface area contributed by atoms with Gasteiger partial charge in [-0.05, 0) is 19.4 Å². The second-order valence-electron chi connectivity index (χ2n) is 1.83. The van der Waals surface area contributed by atoms with Gasteiger partial charge in [0.05, 0.1) is 0 Å². The fourth-order valence-corrected chi connectivity index (χ4v) is 0.404. The van der Waals surface area contributed by atoms with Gasteiger partial charge in [-0.15, -0.1) is 0 Å². The Morgan fingerprint density at radius 1 is 1.67 bits per heavy atom. The zero-order chi connectivity index (χ0) is 7.11. The normalized spacial score (nSPS) is 12.0. The van der Waals surface area contributed by atoms with Gasteiger partial charge in [0.15, 0.2) is 0 Å². The Hall–Kier alpha value is -0.500. The van der Waals surface area contributed by atoms with E-state index >= 15 is 0 Å². The predicted molar refractivity (Wildman–Crippen MR) is 37.5 cm³/mol. The number of aliphatic hydroxyl groups is 1. The third-order valence-electron chi connectivity index (χ3n) is 0.932. The minimum absolute atomic E-state index is 0.309. The van der Waals surface area contributed by atoms with Crippen LogP contribution in [0.1, 0.15) is 20.3 Å². The molecule has 0 bridgehead atoms. The fraction of sp³-hybridized carbons (Fsp3) is 0.714. The lowest BCUT2D eigenvalue weighted by Gasteiger charge is -1.99. The van der Waals surface area contributed by atoms with Crippen LogP contribution >= 0.6 is 0 Å². The van der Waals surface area contributed by atoms with Crippen LogP contribution in [0.2, 0.25) is 0 Å². The summed E-state index contributed by atoms with van der Waals surface area (Å²) in [5, 5.41) is 8.82. The highest BCUT2D eigenvalue weighted by molar-refractivity contribution is 4.86. The van der Waals surface area contributed by atoms with Crippen molar-refractivity contribution in [1.29, 1.82) is 0 Å². The van der Waals surface area contributed by atoms with Gasteiger partial charge in [-0.25, -0.2) is 0 Å². The van der Waals surface area contributed by atoms with Gasteiger partial charge in [-0.1, -0.05) is 6.92 Å². The molecule has 54 valence electrons. The molecule has 0 atom stereocenters. The zero-order valence-electron chi connectivity index (χ0n) is 6.05. The number of hydrogen-bond acceptors (Lipinski definition) is 2. The number of aliphatic hydroxyl groups excluding tert-OH is 1. The summed E-state index contributed by atoms with van der Waals surface area (Å²) in [6.45, 7) is 4.89. The lowest BCUT2D eigenvalue weighted by molar-refractivity contribution is 0.128. The quantitative estimate of drug-likeness (QED) is 0.465. The van der Waals surface area contributed by atoms with Gasteiger partial charge in [0, 0.05) is 6.61 Å². The molecule has 0 aromatic rings. The van der Waals surface area contributed by atoms with Crippen molar-refractivity contribution in [2.45, 2.75) is 20.3 Å². The lowest BCUT2D eigenvalue weighted by Crippen LogP contribution is -1.97. The van der Waals surface area contributed by atoms with Crippen molar-refractivity contribution in [2.24, 2.45) is 0 Å². The fourth-order valence-electron chi connectivity index (χ4n) is 0.404. The molecule has 2 nitrogen and oxygen atoms in total. The highest BCUT2D eigenvalue weighted by atomic mass is 16.5. The van der Waals surface area contributed by atoms with Gasteiger partial charge in [-0.2, -0.15) is 0 Å². The minimum Gasteiger partial charge on any atom is -0.510 e. The summed E-state index contributed by atoms with van der Waals surface area (Å²) >= 11 is 0. The van der Waals surface area contributed by atoms with Gasteiger partial charge in [0.2, 0.25) is 0 Å². The van der Waals surface area contributed by atoms with E-state index in [-0.39, 0.29) is 0 Å². The van der Waals surface area contributed by atoms with Crippen molar-refractivity contribution in [2.75, 3.05) is 13.2 Å². The van der Waals surface area contributed by atoms with Gasteiger partial charge in [0.1, 0.15) is 12.4 Å². The van der Waals surface area contributed by atoms with Crippen LogP contribution in [0.4, 0.5) is 0 Å². The number of ether oxygens (including phenoxy) is 1. The minimum atomic E-state index is 0.309. The van der Waals surface area contributed by atoms with E-state index < -0.39 is 0 Å². The molecule has 0 rings (SSSR count). The molecule has 9 heavy (non-hydrogen) atoms. The summed E-state index contributed by atoms with van der Waals surface area (Å²) < 4.78 is 5.02. The molecule has 0 radical (unpaired) electrons. The molecule has 0 aromatic heterocycles. The molecule has 0 aliphatic heterocycles. The van der Waals surface area contributed by atoms with Crippen LogP contribution in [-0.2, 0) is 4.74 Å². The molecule has 0 saturated heterocycles. The average Bonchev–Trinajstić information content (AvgIpc) is 1.89. The number of hydrogen-bond donors (Lipinski definition) is 1. The first kappa shape index (κ1) is 8.50. The first-order valence-electron chi connectivity index (χ1n) is 3.23. The second kappa shape index (κ2) is 5.63. The monoisotopic (exact) mass is 130 g/mol. The predicted octanol–water partition coefficient (Wildman–Crippen LogP) is 1.87. The molecule has 1 N–H and O–H groups in total. The van der Waals surface area contributed by atoms with E-state index in [1.54, 1.807) is 13.0 Å². The molecule has 0 amide bonds. The average molecular weight is 130 g/mol. The Bertz CT molecular complexity index is 86.9. The first-order valence-corrected chi connectivity index (χ1v) is 3.23. The van der Waals surface area contributed by atoms with Crippen molar-refractivity contribution in [1.82, 2.24) is 0 Å². The van der Waals surface area contributed by atoms with E-state index in [1.807, 2.05) is 6.92 Å². The number of allylic oxidation sites excluding steroid dienone is 1. The lowest BCUT2D eigenvalue weighted by atomic mass is 10.5. The molecular weight excluding hydrogens is 116 g/mol. The van der Waals surface area contributed by atoms with E-state index in [9.17, 15) is 0 Å². The first-order chi connectivity index (χ1) is 4.31. The maximum atomic E-state index is 8.82. The Kier molecular flexibility index (Phi) is 5.32. The summed E-state index contributed by atoms with van der Waals surface area (Å²) in [5.41, 5.74) is 0. The Balaban J connectivity index is 3.07. The van der Waals surface area contributed by atoms with Crippen LogP contribution in [0.15, 0.2) is 11.8 Å². The molecule has 0 saturated carbocycles. The van der Waals surface area contributed by atoms with Crippen molar-refractivity contribution >= 4 is 0 Å². The summed E-state index contributed by atoms with van der Waals surface area (Å²) in [6, 6.07) is 0. The molecule has 0 aromatic carbocycles. The van der Waals surface area contributed by atoms with E-state index in [0.29, 0.717) is 12.4 Å². The topological polar surface area (TPSA) is 29.5 Å². The second-order valence-corrected chi connectivity index (χ2v) is 1.83. The summed E-state index contributed by atoms with van der Waals surface area (Å²) in [7, 11) is 0. The standard InChI is InChI=1S/C7H14O2/c1-3-5-9-6-7(8)4-2/h4,8H,3,5-6H2,1-2H3. The Morgan fingerprint density at radius 2 is 2.33 bits per heavy atom. The van der Waals surface area contributed by atoms with E-state index in [4.69, 9.17) is 9.84 Å². The van der Waals surface area contributed by atoms with Crippen molar-refractivity contribution < 1.29 is 9.84 Å². The molecule has 0 aliphatic rings. The molecule has 0 spiro atoms. The molecular formula is C7H14O2.